The molecule has 1 amide bonds. The summed E-state index contributed by atoms with van der Waals surface area (Å²) in [5.74, 6) is -3.47. The maximum absolute atomic E-state index is 12.7. The van der Waals surface area contributed by atoms with Gasteiger partial charge in [0.1, 0.15) is 0 Å². The summed E-state index contributed by atoms with van der Waals surface area (Å²) in [4.78, 5) is 35.8. The zero-order valence-electron chi connectivity index (χ0n) is 14.1. The summed E-state index contributed by atoms with van der Waals surface area (Å²) in [5, 5.41) is 12.7. The lowest BCUT2D eigenvalue weighted by Gasteiger charge is -2.27. The predicted molar refractivity (Wildman–Crippen MR) is 97.0 cm³/mol. The van der Waals surface area contributed by atoms with E-state index >= 15 is 0 Å². The van der Waals surface area contributed by atoms with Gasteiger partial charge in [-0.15, -0.1) is 0 Å². The maximum Gasteiger partial charge on any atom is 0.307 e. The number of methoxy groups -OCH3 is 1. The first-order valence-corrected chi connectivity index (χ1v) is 8.79. The molecule has 2 N–H and O–H groups in total. The van der Waals surface area contributed by atoms with Crippen LogP contribution in [0.1, 0.15) is 30.9 Å². The van der Waals surface area contributed by atoms with Crippen LogP contribution < -0.4 is 5.32 Å². The summed E-state index contributed by atoms with van der Waals surface area (Å²) in [7, 11) is 1.25. The van der Waals surface area contributed by atoms with Crippen LogP contribution in [0.3, 0.4) is 0 Å². The van der Waals surface area contributed by atoms with Gasteiger partial charge in [0, 0.05) is 0 Å². The molecule has 0 aliphatic heterocycles. The van der Waals surface area contributed by atoms with Gasteiger partial charge in [0.25, 0.3) is 0 Å². The van der Waals surface area contributed by atoms with Crippen molar-refractivity contribution in [3.05, 3.63) is 46.0 Å². The van der Waals surface area contributed by atoms with E-state index in [0.29, 0.717) is 23.4 Å². The SMILES string of the molecule is COC(=O)C[C@@H](NC(=O)[C@H]1CC=CC[C@@H]1C(=O)O)c1ccc(Cl)c(Cl)c1. The molecule has 26 heavy (non-hydrogen) atoms. The Morgan fingerprint density at radius 2 is 1.85 bits per heavy atom. The number of carbonyl (C=O) groups is 3. The Bertz CT molecular complexity index is 734. The molecule has 0 saturated heterocycles. The number of aliphatic carboxylic acids is 1. The zero-order valence-corrected chi connectivity index (χ0v) is 15.6. The Balaban J connectivity index is 2.23. The average molecular weight is 400 g/mol. The molecule has 140 valence electrons. The van der Waals surface area contributed by atoms with Gasteiger partial charge in [-0.05, 0) is 30.5 Å². The normalized spacial score (nSPS) is 20.3. The van der Waals surface area contributed by atoms with Crippen molar-refractivity contribution in [2.75, 3.05) is 7.11 Å². The van der Waals surface area contributed by atoms with E-state index in [9.17, 15) is 19.5 Å². The number of rotatable bonds is 6. The van der Waals surface area contributed by atoms with E-state index in [0.717, 1.165) is 0 Å². The van der Waals surface area contributed by atoms with Crippen LogP contribution in [-0.4, -0.2) is 30.1 Å². The molecule has 0 unspecified atom stereocenters. The van der Waals surface area contributed by atoms with Gasteiger partial charge in [-0.1, -0.05) is 41.4 Å². The molecule has 0 saturated carbocycles. The van der Waals surface area contributed by atoms with Crippen LogP contribution in [0.5, 0.6) is 0 Å². The summed E-state index contributed by atoms with van der Waals surface area (Å²) in [6.07, 6.45) is 4.06. The Morgan fingerprint density at radius 3 is 2.42 bits per heavy atom. The number of hydrogen-bond acceptors (Lipinski definition) is 4. The quantitative estimate of drug-likeness (QED) is 0.564. The van der Waals surface area contributed by atoms with Gasteiger partial charge in [0.15, 0.2) is 0 Å². The number of esters is 1. The number of allylic oxidation sites excluding steroid dienone is 2. The lowest BCUT2D eigenvalue weighted by molar-refractivity contribution is -0.148. The van der Waals surface area contributed by atoms with E-state index in [1.165, 1.54) is 7.11 Å². The summed E-state index contributed by atoms with van der Waals surface area (Å²) >= 11 is 11.9. The van der Waals surface area contributed by atoms with E-state index in [2.05, 4.69) is 10.1 Å². The summed E-state index contributed by atoms with van der Waals surface area (Å²) in [6.45, 7) is 0. The first-order chi connectivity index (χ1) is 12.3. The second kappa shape index (κ2) is 9.05. The number of carboxylic acid groups (broad SMARTS) is 1. The number of hydrogen-bond donors (Lipinski definition) is 2. The van der Waals surface area contributed by atoms with Gasteiger partial charge in [0.2, 0.25) is 5.91 Å². The van der Waals surface area contributed by atoms with Crippen LogP contribution in [-0.2, 0) is 19.1 Å². The maximum atomic E-state index is 12.7. The van der Waals surface area contributed by atoms with Crippen LogP contribution in [0.2, 0.25) is 10.0 Å². The second-order valence-electron chi connectivity index (χ2n) is 6.01. The molecule has 0 spiro atoms. The molecule has 0 heterocycles. The molecule has 0 bridgehead atoms. The Hall–Kier alpha value is -2.05. The van der Waals surface area contributed by atoms with Gasteiger partial charge >= 0.3 is 11.9 Å². The number of carbonyl (C=O) groups excluding carboxylic acids is 2. The molecular formula is C18H19Cl2NO5. The first-order valence-electron chi connectivity index (χ1n) is 8.03. The van der Waals surface area contributed by atoms with Crippen LogP contribution in [0, 0.1) is 11.8 Å². The number of ether oxygens (including phenoxy) is 1. The fourth-order valence-electron chi connectivity index (χ4n) is 2.89. The molecule has 2 rings (SSSR count). The Morgan fingerprint density at radius 1 is 1.19 bits per heavy atom. The van der Waals surface area contributed by atoms with Crippen LogP contribution >= 0.6 is 23.2 Å². The molecule has 1 aromatic rings. The summed E-state index contributed by atoms with van der Waals surface area (Å²) in [6, 6.07) is 4.08. The van der Waals surface area contributed by atoms with Gasteiger partial charge in [-0.25, -0.2) is 0 Å². The smallest absolute Gasteiger partial charge is 0.307 e. The number of benzene rings is 1. The molecule has 0 radical (unpaired) electrons. The van der Waals surface area contributed by atoms with Crippen molar-refractivity contribution in [2.24, 2.45) is 11.8 Å². The van der Waals surface area contributed by atoms with E-state index in [-0.39, 0.29) is 11.4 Å². The van der Waals surface area contributed by atoms with Crippen molar-refractivity contribution in [3.63, 3.8) is 0 Å². The highest BCUT2D eigenvalue weighted by Gasteiger charge is 2.35. The summed E-state index contributed by atoms with van der Waals surface area (Å²) in [5.41, 5.74) is 0.580. The van der Waals surface area contributed by atoms with Crippen molar-refractivity contribution in [1.82, 2.24) is 5.32 Å². The lowest BCUT2D eigenvalue weighted by Crippen LogP contribution is -2.41. The minimum absolute atomic E-state index is 0.111. The van der Waals surface area contributed by atoms with Gasteiger partial charge in [0.05, 0.1) is 41.5 Å². The van der Waals surface area contributed by atoms with Crippen molar-refractivity contribution in [1.29, 1.82) is 0 Å². The number of amides is 1. The monoisotopic (exact) mass is 399 g/mol. The highest BCUT2D eigenvalue weighted by atomic mass is 35.5. The Kier molecular flexibility index (Phi) is 7.06. The lowest BCUT2D eigenvalue weighted by atomic mass is 9.82. The third-order valence-corrected chi connectivity index (χ3v) is 5.09. The third-order valence-electron chi connectivity index (χ3n) is 4.35. The molecule has 0 aromatic heterocycles. The summed E-state index contributed by atoms with van der Waals surface area (Å²) < 4.78 is 4.69. The fourth-order valence-corrected chi connectivity index (χ4v) is 3.19. The average Bonchev–Trinajstić information content (AvgIpc) is 2.63. The number of nitrogens with one attached hydrogen (secondary N) is 1. The molecule has 1 aliphatic carbocycles. The van der Waals surface area contributed by atoms with Crippen LogP contribution in [0.25, 0.3) is 0 Å². The van der Waals surface area contributed by atoms with Gasteiger partial charge in [-0.3, -0.25) is 14.4 Å². The van der Waals surface area contributed by atoms with E-state index in [1.54, 1.807) is 30.4 Å². The van der Waals surface area contributed by atoms with Crippen molar-refractivity contribution in [3.8, 4) is 0 Å². The van der Waals surface area contributed by atoms with Crippen molar-refractivity contribution in [2.45, 2.75) is 25.3 Å². The predicted octanol–water partition coefficient (Wildman–Crippen LogP) is 3.38. The minimum Gasteiger partial charge on any atom is -0.481 e. The van der Waals surface area contributed by atoms with Crippen LogP contribution in [0.15, 0.2) is 30.4 Å². The molecule has 6 nitrogen and oxygen atoms in total. The van der Waals surface area contributed by atoms with Crippen molar-refractivity contribution >= 4 is 41.0 Å². The minimum atomic E-state index is -1.02. The van der Waals surface area contributed by atoms with E-state index in [1.807, 2.05) is 0 Å². The first kappa shape index (κ1) is 20.3. The number of halogens is 2. The second-order valence-corrected chi connectivity index (χ2v) is 6.82. The zero-order chi connectivity index (χ0) is 19.3. The van der Waals surface area contributed by atoms with E-state index < -0.39 is 35.7 Å². The molecule has 0 fully saturated rings. The van der Waals surface area contributed by atoms with Gasteiger partial charge in [-0.2, -0.15) is 0 Å². The molecule has 1 aromatic carbocycles. The van der Waals surface area contributed by atoms with E-state index in [4.69, 9.17) is 23.2 Å². The van der Waals surface area contributed by atoms with Crippen molar-refractivity contribution < 1.29 is 24.2 Å². The van der Waals surface area contributed by atoms with Crippen LogP contribution in [0.4, 0.5) is 0 Å². The highest BCUT2D eigenvalue weighted by Crippen LogP contribution is 2.30. The third kappa shape index (κ3) is 4.99. The molecule has 8 heteroatoms. The number of carboxylic acids is 1. The van der Waals surface area contributed by atoms with Gasteiger partial charge < -0.3 is 15.2 Å². The largest absolute Gasteiger partial charge is 0.481 e. The fraction of sp³-hybridized carbons (Fsp3) is 0.389. The Labute approximate surface area is 161 Å². The molecular weight excluding hydrogens is 381 g/mol. The highest BCUT2D eigenvalue weighted by molar-refractivity contribution is 6.42. The molecule has 1 aliphatic rings. The topological polar surface area (TPSA) is 92.7 Å². The molecule has 3 atom stereocenters. The standard InChI is InChI=1S/C18H19Cl2NO5/c1-26-16(22)9-15(10-6-7-13(19)14(20)8-10)21-17(23)11-4-2-3-5-12(11)18(24)25/h2-3,6-8,11-12,15H,4-5,9H2,1H3,(H,21,23)(H,24,25)/t11-,12-,15+/m0/s1.